The zero-order chi connectivity index (χ0) is 12.5. The summed E-state index contributed by atoms with van der Waals surface area (Å²) >= 11 is 0. The van der Waals surface area contributed by atoms with Gasteiger partial charge in [-0.05, 0) is 30.4 Å². The summed E-state index contributed by atoms with van der Waals surface area (Å²) in [5, 5.41) is 0. The van der Waals surface area contributed by atoms with Gasteiger partial charge in [0.15, 0.2) is 0 Å². The molecule has 1 rings (SSSR count). The highest BCUT2D eigenvalue weighted by Crippen LogP contribution is 2.20. The molecular formula is C16H26O. The van der Waals surface area contributed by atoms with E-state index >= 15 is 0 Å². The SMILES string of the molecule is COc1ccccc1CCCCCCC(C)C. The smallest absolute Gasteiger partial charge is 0.122 e. The van der Waals surface area contributed by atoms with E-state index in [4.69, 9.17) is 4.74 Å². The Morgan fingerprint density at radius 3 is 2.41 bits per heavy atom. The summed E-state index contributed by atoms with van der Waals surface area (Å²) in [5.74, 6) is 1.89. The van der Waals surface area contributed by atoms with Crippen molar-refractivity contribution in [1.82, 2.24) is 0 Å². The lowest BCUT2D eigenvalue weighted by molar-refractivity contribution is 0.408. The van der Waals surface area contributed by atoms with Gasteiger partial charge in [0, 0.05) is 0 Å². The van der Waals surface area contributed by atoms with Crippen molar-refractivity contribution in [3.8, 4) is 5.75 Å². The molecule has 0 spiro atoms. The van der Waals surface area contributed by atoms with Crippen LogP contribution in [0.15, 0.2) is 24.3 Å². The molecule has 0 atom stereocenters. The van der Waals surface area contributed by atoms with Gasteiger partial charge in [0.2, 0.25) is 0 Å². The summed E-state index contributed by atoms with van der Waals surface area (Å²) in [6.45, 7) is 4.60. The first-order chi connectivity index (χ1) is 8.24. The lowest BCUT2D eigenvalue weighted by Gasteiger charge is -2.08. The average molecular weight is 234 g/mol. The molecule has 0 N–H and O–H groups in total. The first kappa shape index (κ1) is 14.1. The third-order valence-electron chi connectivity index (χ3n) is 3.17. The monoisotopic (exact) mass is 234 g/mol. The van der Waals surface area contributed by atoms with Gasteiger partial charge < -0.3 is 4.74 Å². The Morgan fingerprint density at radius 1 is 1.00 bits per heavy atom. The van der Waals surface area contributed by atoms with Crippen molar-refractivity contribution in [2.24, 2.45) is 5.92 Å². The number of methoxy groups -OCH3 is 1. The maximum atomic E-state index is 5.35. The standard InChI is InChI=1S/C16H26O/c1-14(2)10-6-4-5-7-11-15-12-8-9-13-16(15)17-3/h8-9,12-14H,4-7,10-11H2,1-3H3. The number of hydrogen-bond donors (Lipinski definition) is 0. The van der Waals surface area contributed by atoms with Gasteiger partial charge in [-0.15, -0.1) is 0 Å². The molecule has 0 saturated carbocycles. The third-order valence-corrected chi connectivity index (χ3v) is 3.17. The molecule has 1 heteroatoms. The van der Waals surface area contributed by atoms with E-state index in [-0.39, 0.29) is 0 Å². The van der Waals surface area contributed by atoms with Crippen molar-refractivity contribution in [3.63, 3.8) is 0 Å². The highest BCUT2D eigenvalue weighted by Gasteiger charge is 2.01. The van der Waals surface area contributed by atoms with E-state index < -0.39 is 0 Å². The van der Waals surface area contributed by atoms with Gasteiger partial charge in [0.1, 0.15) is 5.75 Å². The largest absolute Gasteiger partial charge is 0.496 e. The van der Waals surface area contributed by atoms with E-state index in [0.29, 0.717) is 0 Å². The molecule has 1 aromatic rings. The number of para-hydroxylation sites is 1. The second-order valence-corrected chi connectivity index (χ2v) is 5.16. The topological polar surface area (TPSA) is 9.23 Å². The highest BCUT2D eigenvalue weighted by atomic mass is 16.5. The minimum atomic E-state index is 0.851. The van der Waals surface area contributed by atoms with Crippen molar-refractivity contribution in [1.29, 1.82) is 0 Å². The first-order valence-corrected chi connectivity index (χ1v) is 6.86. The summed E-state index contributed by atoms with van der Waals surface area (Å²) in [4.78, 5) is 0. The van der Waals surface area contributed by atoms with Gasteiger partial charge in [-0.3, -0.25) is 0 Å². The zero-order valence-electron chi connectivity index (χ0n) is 11.5. The fourth-order valence-corrected chi connectivity index (χ4v) is 2.13. The van der Waals surface area contributed by atoms with Gasteiger partial charge in [-0.25, -0.2) is 0 Å². The van der Waals surface area contributed by atoms with Crippen LogP contribution in [0.25, 0.3) is 0 Å². The molecule has 96 valence electrons. The Bertz CT molecular complexity index is 304. The number of benzene rings is 1. The molecule has 0 aromatic heterocycles. The molecule has 0 bridgehead atoms. The molecule has 0 aliphatic carbocycles. The molecule has 0 heterocycles. The van der Waals surface area contributed by atoms with Crippen LogP contribution in [-0.2, 0) is 6.42 Å². The number of hydrogen-bond acceptors (Lipinski definition) is 1. The molecule has 0 radical (unpaired) electrons. The second-order valence-electron chi connectivity index (χ2n) is 5.16. The fourth-order valence-electron chi connectivity index (χ4n) is 2.13. The van der Waals surface area contributed by atoms with Crippen LogP contribution < -0.4 is 4.74 Å². The molecule has 0 aliphatic rings. The Labute approximate surface area is 106 Å². The maximum absolute atomic E-state index is 5.35. The second kappa shape index (κ2) is 8.16. The maximum Gasteiger partial charge on any atom is 0.122 e. The summed E-state index contributed by atoms with van der Waals surface area (Å²) in [6.07, 6.45) is 7.88. The normalized spacial score (nSPS) is 10.8. The lowest BCUT2D eigenvalue weighted by Crippen LogP contribution is -1.92. The van der Waals surface area contributed by atoms with Gasteiger partial charge in [0.05, 0.1) is 7.11 Å². The summed E-state index contributed by atoms with van der Waals surface area (Å²) in [7, 11) is 1.75. The van der Waals surface area contributed by atoms with Crippen LogP contribution in [0, 0.1) is 5.92 Å². The van der Waals surface area contributed by atoms with Crippen molar-refractivity contribution >= 4 is 0 Å². The van der Waals surface area contributed by atoms with Crippen molar-refractivity contribution in [3.05, 3.63) is 29.8 Å². The summed E-state index contributed by atoms with van der Waals surface area (Å²) in [6, 6.07) is 8.35. The van der Waals surface area contributed by atoms with Crippen LogP contribution in [0.5, 0.6) is 5.75 Å². The molecule has 0 unspecified atom stereocenters. The van der Waals surface area contributed by atoms with E-state index in [2.05, 4.69) is 26.0 Å². The van der Waals surface area contributed by atoms with Gasteiger partial charge >= 0.3 is 0 Å². The Hall–Kier alpha value is -0.980. The lowest BCUT2D eigenvalue weighted by atomic mass is 10.0. The molecule has 1 aromatic carbocycles. The number of ether oxygens (including phenoxy) is 1. The summed E-state index contributed by atoms with van der Waals surface area (Å²) in [5.41, 5.74) is 1.35. The molecule has 0 saturated heterocycles. The fraction of sp³-hybridized carbons (Fsp3) is 0.625. The van der Waals surface area contributed by atoms with Crippen molar-refractivity contribution in [2.45, 2.75) is 52.4 Å². The molecule has 17 heavy (non-hydrogen) atoms. The van der Waals surface area contributed by atoms with Crippen LogP contribution in [0.1, 0.15) is 51.5 Å². The number of rotatable bonds is 8. The van der Waals surface area contributed by atoms with Gasteiger partial charge in [-0.1, -0.05) is 57.7 Å². The molecule has 1 nitrogen and oxygen atoms in total. The van der Waals surface area contributed by atoms with E-state index in [9.17, 15) is 0 Å². The van der Waals surface area contributed by atoms with Crippen molar-refractivity contribution < 1.29 is 4.74 Å². The minimum Gasteiger partial charge on any atom is -0.496 e. The third kappa shape index (κ3) is 5.76. The predicted octanol–water partition coefficient (Wildman–Crippen LogP) is 4.84. The quantitative estimate of drug-likeness (QED) is 0.585. The average Bonchev–Trinajstić information content (AvgIpc) is 2.33. The Kier molecular flexibility index (Phi) is 6.76. The molecule has 0 amide bonds. The number of unbranched alkanes of at least 4 members (excludes halogenated alkanes) is 3. The zero-order valence-corrected chi connectivity index (χ0v) is 11.5. The number of aryl methyl sites for hydroxylation is 1. The summed E-state index contributed by atoms with van der Waals surface area (Å²) < 4.78 is 5.35. The van der Waals surface area contributed by atoms with E-state index in [0.717, 1.165) is 18.1 Å². The van der Waals surface area contributed by atoms with E-state index in [1.165, 1.54) is 37.7 Å². The van der Waals surface area contributed by atoms with Crippen LogP contribution >= 0.6 is 0 Å². The molecule has 0 fully saturated rings. The minimum absolute atomic E-state index is 0.851. The Balaban J connectivity index is 2.17. The predicted molar refractivity (Wildman–Crippen MR) is 74.6 cm³/mol. The molecule has 0 aliphatic heterocycles. The van der Waals surface area contributed by atoms with Gasteiger partial charge in [0.25, 0.3) is 0 Å². The van der Waals surface area contributed by atoms with Gasteiger partial charge in [-0.2, -0.15) is 0 Å². The van der Waals surface area contributed by atoms with Crippen LogP contribution in [-0.4, -0.2) is 7.11 Å². The van der Waals surface area contributed by atoms with E-state index in [1.54, 1.807) is 7.11 Å². The van der Waals surface area contributed by atoms with Crippen LogP contribution in [0.4, 0.5) is 0 Å². The van der Waals surface area contributed by atoms with Crippen LogP contribution in [0.3, 0.4) is 0 Å². The first-order valence-electron chi connectivity index (χ1n) is 6.86. The van der Waals surface area contributed by atoms with Crippen molar-refractivity contribution in [2.75, 3.05) is 7.11 Å². The van der Waals surface area contributed by atoms with Crippen LogP contribution in [0.2, 0.25) is 0 Å². The highest BCUT2D eigenvalue weighted by molar-refractivity contribution is 5.33. The Morgan fingerprint density at radius 2 is 1.71 bits per heavy atom. The van der Waals surface area contributed by atoms with E-state index in [1.807, 2.05) is 12.1 Å². The molecular weight excluding hydrogens is 208 g/mol.